The number of hydrogen-bond donors (Lipinski definition) is 0. The Balaban J connectivity index is 2.07. The van der Waals surface area contributed by atoms with Gasteiger partial charge in [0.15, 0.2) is 0 Å². The van der Waals surface area contributed by atoms with Crippen molar-refractivity contribution in [3.05, 3.63) is 49.6 Å². The van der Waals surface area contributed by atoms with Crippen LogP contribution >= 0.6 is 34.0 Å². The molecule has 102 valence electrons. The third-order valence-corrected chi connectivity index (χ3v) is 5.60. The van der Waals surface area contributed by atoms with Crippen LogP contribution in [0.15, 0.2) is 44.4 Å². The molecule has 0 spiro atoms. The molecule has 6 heteroatoms. The largest absolute Gasteiger partial charge is 0.261 e. The first-order chi connectivity index (χ1) is 9.79. The van der Waals surface area contributed by atoms with Gasteiger partial charge in [-0.15, -0.1) is 34.0 Å². The number of nitrogens with zero attached hydrogens (tertiary/aromatic N) is 3. The van der Waals surface area contributed by atoms with Gasteiger partial charge in [0.05, 0.1) is 21.7 Å². The van der Waals surface area contributed by atoms with Gasteiger partial charge >= 0.3 is 0 Å². The van der Waals surface area contributed by atoms with Crippen LogP contribution in [0.1, 0.15) is 10.4 Å². The highest BCUT2D eigenvalue weighted by molar-refractivity contribution is 7.14. The Morgan fingerprint density at radius 1 is 1.15 bits per heavy atom. The Morgan fingerprint density at radius 3 is 2.70 bits per heavy atom. The van der Waals surface area contributed by atoms with Gasteiger partial charge in [0.1, 0.15) is 0 Å². The molecule has 3 aromatic rings. The Hall–Kier alpha value is -1.50. The van der Waals surface area contributed by atoms with Crippen molar-refractivity contribution in [3.8, 4) is 10.6 Å². The van der Waals surface area contributed by atoms with E-state index in [2.05, 4.69) is 51.4 Å². The van der Waals surface area contributed by atoms with E-state index in [1.54, 1.807) is 41.1 Å². The minimum Gasteiger partial charge on any atom is -0.261 e. The molecule has 0 aliphatic heterocycles. The zero-order valence-corrected chi connectivity index (χ0v) is 13.6. The van der Waals surface area contributed by atoms with Gasteiger partial charge in [0, 0.05) is 12.4 Å². The number of rotatable bonds is 3. The summed E-state index contributed by atoms with van der Waals surface area (Å²) in [5.74, 6) is 0. The lowest BCUT2D eigenvalue weighted by atomic mass is 10.3. The first-order valence-corrected chi connectivity index (χ1v) is 8.69. The van der Waals surface area contributed by atoms with Crippen LogP contribution in [0.25, 0.3) is 10.6 Å². The fraction of sp³-hybridized carbons (Fsp3) is 0.143. The predicted molar refractivity (Wildman–Crippen MR) is 89.2 cm³/mol. The number of thiophene rings is 2. The van der Waals surface area contributed by atoms with Crippen molar-refractivity contribution in [2.24, 2.45) is 10.1 Å². The van der Waals surface area contributed by atoms with Crippen molar-refractivity contribution >= 4 is 40.2 Å². The summed E-state index contributed by atoms with van der Waals surface area (Å²) in [6.45, 7) is 2.10. The number of thiazole rings is 1. The SMILES string of the molecule is CN=c1scc(-c2cccs2)n1N=Cc1sccc1C. The molecule has 0 aliphatic rings. The third kappa shape index (κ3) is 2.54. The first-order valence-electron chi connectivity index (χ1n) is 6.05. The standard InChI is InChI=1S/C14H13N3S3/c1-10-5-7-19-13(10)8-16-17-11(9-20-14(17)15-2)12-4-3-6-18-12/h3-9H,1-2H3. The average molecular weight is 319 g/mol. The van der Waals surface area contributed by atoms with E-state index in [0.29, 0.717) is 0 Å². The molecule has 0 aromatic carbocycles. The van der Waals surface area contributed by atoms with Crippen molar-refractivity contribution in [2.45, 2.75) is 6.92 Å². The Labute approximate surface area is 129 Å². The maximum absolute atomic E-state index is 4.62. The maximum atomic E-state index is 4.62. The van der Waals surface area contributed by atoms with Crippen LogP contribution in [0.5, 0.6) is 0 Å². The van der Waals surface area contributed by atoms with Crippen molar-refractivity contribution in [1.82, 2.24) is 4.68 Å². The number of aromatic nitrogens is 1. The highest BCUT2D eigenvalue weighted by Gasteiger charge is 2.07. The molecule has 3 rings (SSSR count). The highest BCUT2D eigenvalue weighted by atomic mass is 32.1. The van der Waals surface area contributed by atoms with E-state index in [-0.39, 0.29) is 0 Å². The quantitative estimate of drug-likeness (QED) is 0.652. The zero-order chi connectivity index (χ0) is 13.9. The van der Waals surface area contributed by atoms with Crippen LogP contribution in [0.3, 0.4) is 0 Å². The van der Waals surface area contributed by atoms with Crippen LogP contribution < -0.4 is 4.80 Å². The van der Waals surface area contributed by atoms with Crippen LogP contribution in [0.2, 0.25) is 0 Å². The summed E-state index contributed by atoms with van der Waals surface area (Å²) in [6.07, 6.45) is 1.92. The molecule has 3 heterocycles. The van der Waals surface area contributed by atoms with Gasteiger partial charge in [-0.2, -0.15) is 5.10 Å². The summed E-state index contributed by atoms with van der Waals surface area (Å²) in [6, 6.07) is 6.27. The van der Waals surface area contributed by atoms with E-state index >= 15 is 0 Å². The van der Waals surface area contributed by atoms with E-state index in [9.17, 15) is 0 Å². The Kier molecular flexibility index (Phi) is 3.95. The van der Waals surface area contributed by atoms with E-state index in [1.165, 1.54) is 15.3 Å². The van der Waals surface area contributed by atoms with Gasteiger partial charge < -0.3 is 0 Å². The van der Waals surface area contributed by atoms with Gasteiger partial charge in [0.2, 0.25) is 4.80 Å². The lowest BCUT2D eigenvalue weighted by Gasteiger charge is -2.00. The molecule has 0 saturated heterocycles. The van der Waals surface area contributed by atoms with Crippen molar-refractivity contribution in [1.29, 1.82) is 0 Å². The first kappa shape index (κ1) is 13.5. The summed E-state index contributed by atoms with van der Waals surface area (Å²) in [7, 11) is 1.80. The third-order valence-electron chi connectivity index (χ3n) is 2.84. The molecule has 3 aromatic heterocycles. The Morgan fingerprint density at radius 2 is 2.05 bits per heavy atom. The van der Waals surface area contributed by atoms with E-state index < -0.39 is 0 Å². The second kappa shape index (κ2) is 5.87. The van der Waals surface area contributed by atoms with Gasteiger partial charge in [0.25, 0.3) is 0 Å². The van der Waals surface area contributed by atoms with Crippen LogP contribution in [0, 0.1) is 6.92 Å². The summed E-state index contributed by atoms with van der Waals surface area (Å²) in [4.78, 5) is 7.59. The fourth-order valence-electron chi connectivity index (χ4n) is 1.78. The molecule has 20 heavy (non-hydrogen) atoms. The molecule has 0 atom stereocenters. The van der Waals surface area contributed by atoms with Crippen LogP contribution in [-0.4, -0.2) is 17.9 Å². The summed E-state index contributed by atoms with van der Waals surface area (Å²) in [5.41, 5.74) is 2.35. The summed E-state index contributed by atoms with van der Waals surface area (Å²) in [5, 5.41) is 10.9. The van der Waals surface area contributed by atoms with E-state index in [1.807, 2.05) is 10.9 Å². The topological polar surface area (TPSA) is 29.6 Å². The minimum atomic E-state index is 0.902. The van der Waals surface area contributed by atoms with Crippen molar-refractivity contribution in [2.75, 3.05) is 7.05 Å². The van der Waals surface area contributed by atoms with Gasteiger partial charge in [-0.1, -0.05) is 6.07 Å². The molecule has 0 unspecified atom stereocenters. The number of hydrogen-bond acceptors (Lipinski definition) is 5. The Bertz CT molecular complexity index is 788. The molecular formula is C14H13N3S3. The molecule has 0 saturated carbocycles. The predicted octanol–water partition coefficient (Wildman–Crippen LogP) is 4.06. The van der Waals surface area contributed by atoms with Gasteiger partial charge in [-0.3, -0.25) is 4.99 Å². The highest BCUT2D eigenvalue weighted by Crippen LogP contribution is 2.25. The molecule has 0 fully saturated rings. The minimum absolute atomic E-state index is 0.902. The molecule has 0 N–H and O–H groups in total. The second-order valence-corrected chi connectivity index (χ2v) is 6.86. The zero-order valence-electron chi connectivity index (χ0n) is 11.1. The lowest BCUT2D eigenvalue weighted by Crippen LogP contribution is -2.11. The normalized spacial score (nSPS) is 12.6. The smallest absolute Gasteiger partial charge is 0.205 e. The molecule has 0 amide bonds. The van der Waals surface area contributed by atoms with E-state index in [0.717, 1.165) is 10.5 Å². The molecule has 0 bridgehead atoms. The lowest BCUT2D eigenvalue weighted by molar-refractivity contribution is 0.850. The molecule has 0 aliphatic carbocycles. The van der Waals surface area contributed by atoms with Crippen molar-refractivity contribution in [3.63, 3.8) is 0 Å². The monoisotopic (exact) mass is 319 g/mol. The summed E-state index contributed by atoms with van der Waals surface area (Å²) >= 11 is 5.02. The average Bonchev–Trinajstić information content (AvgIpc) is 3.16. The van der Waals surface area contributed by atoms with Crippen molar-refractivity contribution < 1.29 is 0 Å². The molecular weight excluding hydrogens is 306 g/mol. The van der Waals surface area contributed by atoms with Crippen LogP contribution in [-0.2, 0) is 0 Å². The maximum Gasteiger partial charge on any atom is 0.205 e. The summed E-state index contributed by atoms with van der Waals surface area (Å²) < 4.78 is 1.91. The number of aryl methyl sites for hydroxylation is 1. The van der Waals surface area contributed by atoms with Crippen LogP contribution in [0.4, 0.5) is 0 Å². The van der Waals surface area contributed by atoms with E-state index in [4.69, 9.17) is 0 Å². The van der Waals surface area contributed by atoms with Gasteiger partial charge in [-0.25, -0.2) is 4.68 Å². The van der Waals surface area contributed by atoms with Gasteiger partial charge in [-0.05, 0) is 35.4 Å². The second-order valence-electron chi connectivity index (χ2n) is 4.13. The molecule has 3 nitrogen and oxygen atoms in total. The molecule has 0 radical (unpaired) electrons. The fourth-order valence-corrected chi connectivity index (χ4v) is 4.16.